The van der Waals surface area contributed by atoms with Crippen LogP contribution in [-0.4, -0.2) is 43.2 Å². The maximum atomic E-state index is 11.3. The second kappa shape index (κ2) is 8.15. The molecule has 1 N–H and O–H groups in total. The fourth-order valence-corrected chi connectivity index (χ4v) is 2.97. The third kappa shape index (κ3) is 5.48. The van der Waals surface area contributed by atoms with E-state index in [1.165, 1.54) is 25.5 Å². The minimum Gasteiger partial charge on any atom is -0.469 e. The molecule has 0 amide bonds. The van der Waals surface area contributed by atoms with E-state index in [4.69, 9.17) is 4.74 Å². The zero-order valence-corrected chi connectivity index (χ0v) is 13.0. The number of rotatable bonds is 6. The van der Waals surface area contributed by atoms with Crippen LogP contribution in [0.5, 0.6) is 0 Å². The van der Waals surface area contributed by atoms with Gasteiger partial charge in [-0.05, 0) is 31.9 Å². The number of likely N-dealkylation sites (tertiary alicyclic amines) is 1. The fourth-order valence-electron chi connectivity index (χ4n) is 2.97. The minimum atomic E-state index is -0.146. The molecule has 2 atom stereocenters. The van der Waals surface area contributed by atoms with Crippen LogP contribution < -0.4 is 5.32 Å². The van der Waals surface area contributed by atoms with Crippen LogP contribution in [0.3, 0.4) is 0 Å². The van der Waals surface area contributed by atoms with E-state index in [1.807, 2.05) is 6.92 Å². The molecule has 1 aromatic carbocycles. The molecule has 1 aliphatic heterocycles. The Balaban J connectivity index is 1.79. The van der Waals surface area contributed by atoms with Crippen LogP contribution in [0, 0.1) is 0 Å². The van der Waals surface area contributed by atoms with E-state index >= 15 is 0 Å². The van der Waals surface area contributed by atoms with Gasteiger partial charge in [-0.25, -0.2) is 0 Å². The molecular formula is C17H26N2O2. The van der Waals surface area contributed by atoms with E-state index in [0.717, 1.165) is 19.6 Å². The number of nitrogens with one attached hydrogen (secondary N) is 1. The topological polar surface area (TPSA) is 41.6 Å². The summed E-state index contributed by atoms with van der Waals surface area (Å²) in [5, 5.41) is 3.56. The van der Waals surface area contributed by atoms with Gasteiger partial charge in [0.1, 0.15) is 0 Å². The van der Waals surface area contributed by atoms with Crippen molar-refractivity contribution in [1.29, 1.82) is 0 Å². The van der Waals surface area contributed by atoms with E-state index in [0.29, 0.717) is 12.5 Å². The molecule has 1 fully saturated rings. The SMILES string of the molecule is COC(=O)CC(C)NC1CCCN(Cc2ccccc2)C1. The molecule has 21 heavy (non-hydrogen) atoms. The van der Waals surface area contributed by atoms with E-state index in [9.17, 15) is 4.79 Å². The monoisotopic (exact) mass is 290 g/mol. The Morgan fingerprint density at radius 3 is 2.90 bits per heavy atom. The standard InChI is InChI=1S/C17H26N2O2/c1-14(11-17(20)21-2)18-16-9-6-10-19(13-16)12-15-7-4-3-5-8-15/h3-5,7-8,14,16,18H,6,9-13H2,1-2H3. The molecule has 1 saturated heterocycles. The third-order valence-electron chi connectivity index (χ3n) is 3.98. The molecule has 1 heterocycles. The first-order chi connectivity index (χ1) is 10.2. The number of methoxy groups -OCH3 is 1. The second-order valence-electron chi connectivity index (χ2n) is 5.91. The molecule has 4 heteroatoms. The molecule has 2 rings (SSSR count). The number of hydrogen-bond acceptors (Lipinski definition) is 4. The summed E-state index contributed by atoms with van der Waals surface area (Å²) in [6.07, 6.45) is 2.82. The Hall–Kier alpha value is -1.39. The number of nitrogens with zero attached hydrogens (tertiary/aromatic N) is 1. The molecule has 1 aliphatic rings. The normalized spacial score (nSPS) is 21.0. The number of piperidine rings is 1. The molecule has 0 aromatic heterocycles. The van der Waals surface area contributed by atoms with Gasteiger partial charge in [0, 0.05) is 25.2 Å². The summed E-state index contributed by atoms with van der Waals surface area (Å²) in [6, 6.07) is 11.2. The molecule has 4 nitrogen and oxygen atoms in total. The van der Waals surface area contributed by atoms with Crippen molar-refractivity contribution in [2.75, 3.05) is 20.2 Å². The van der Waals surface area contributed by atoms with Crippen molar-refractivity contribution in [3.05, 3.63) is 35.9 Å². The lowest BCUT2D eigenvalue weighted by molar-refractivity contribution is -0.141. The van der Waals surface area contributed by atoms with Gasteiger partial charge < -0.3 is 10.1 Å². The first-order valence-corrected chi connectivity index (χ1v) is 7.76. The number of esters is 1. The van der Waals surface area contributed by atoms with E-state index < -0.39 is 0 Å². The zero-order chi connectivity index (χ0) is 15.1. The highest BCUT2D eigenvalue weighted by Gasteiger charge is 2.22. The summed E-state index contributed by atoms with van der Waals surface area (Å²) < 4.78 is 4.72. The van der Waals surface area contributed by atoms with E-state index in [-0.39, 0.29) is 12.0 Å². The molecule has 0 bridgehead atoms. The van der Waals surface area contributed by atoms with Gasteiger partial charge in [0.25, 0.3) is 0 Å². The van der Waals surface area contributed by atoms with Crippen molar-refractivity contribution < 1.29 is 9.53 Å². The van der Waals surface area contributed by atoms with Gasteiger partial charge in [-0.15, -0.1) is 0 Å². The van der Waals surface area contributed by atoms with Crippen LogP contribution >= 0.6 is 0 Å². The van der Waals surface area contributed by atoms with Crippen molar-refractivity contribution in [3.8, 4) is 0 Å². The largest absolute Gasteiger partial charge is 0.469 e. The molecule has 0 spiro atoms. The smallest absolute Gasteiger partial charge is 0.307 e. The number of carbonyl (C=O) groups is 1. The fraction of sp³-hybridized carbons (Fsp3) is 0.588. The average molecular weight is 290 g/mol. The predicted molar refractivity (Wildman–Crippen MR) is 84.0 cm³/mol. The Kier molecular flexibility index (Phi) is 6.21. The number of hydrogen-bond donors (Lipinski definition) is 1. The Labute approximate surface area is 127 Å². The van der Waals surface area contributed by atoms with Crippen LogP contribution in [0.25, 0.3) is 0 Å². The lowest BCUT2D eigenvalue weighted by atomic mass is 10.0. The van der Waals surface area contributed by atoms with Gasteiger partial charge in [0.05, 0.1) is 13.5 Å². The van der Waals surface area contributed by atoms with Gasteiger partial charge in [-0.3, -0.25) is 9.69 Å². The van der Waals surface area contributed by atoms with Crippen LogP contribution in [-0.2, 0) is 16.1 Å². The Bertz CT molecular complexity index is 436. The number of benzene rings is 1. The lowest BCUT2D eigenvalue weighted by Gasteiger charge is -2.34. The first kappa shape index (κ1) is 16.0. The molecule has 0 aliphatic carbocycles. The molecule has 0 saturated carbocycles. The number of carbonyl (C=O) groups excluding carboxylic acids is 1. The van der Waals surface area contributed by atoms with E-state index in [1.54, 1.807) is 0 Å². The van der Waals surface area contributed by atoms with Gasteiger partial charge >= 0.3 is 5.97 Å². The predicted octanol–water partition coefficient (Wildman–Crippen LogP) is 2.19. The summed E-state index contributed by atoms with van der Waals surface area (Å²) >= 11 is 0. The third-order valence-corrected chi connectivity index (χ3v) is 3.98. The molecule has 0 radical (unpaired) electrons. The molecule has 1 aromatic rings. The highest BCUT2D eigenvalue weighted by Crippen LogP contribution is 2.14. The molecule has 116 valence electrons. The summed E-state index contributed by atoms with van der Waals surface area (Å²) in [7, 11) is 1.44. The minimum absolute atomic E-state index is 0.146. The highest BCUT2D eigenvalue weighted by molar-refractivity contribution is 5.69. The Morgan fingerprint density at radius 2 is 2.19 bits per heavy atom. The summed E-state index contributed by atoms with van der Waals surface area (Å²) in [6.45, 7) is 5.25. The maximum Gasteiger partial charge on any atom is 0.307 e. The zero-order valence-electron chi connectivity index (χ0n) is 13.0. The van der Waals surface area contributed by atoms with Crippen LogP contribution in [0.15, 0.2) is 30.3 Å². The van der Waals surface area contributed by atoms with Crippen molar-refractivity contribution >= 4 is 5.97 Å². The van der Waals surface area contributed by atoms with Gasteiger partial charge in [-0.1, -0.05) is 30.3 Å². The van der Waals surface area contributed by atoms with Gasteiger partial charge in [-0.2, -0.15) is 0 Å². The average Bonchev–Trinajstić information content (AvgIpc) is 2.48. The summed E-state index contributed by atoms with van der Waals surface area (Å²) in [4.78, 5) is 13.8. The van der Waals surface area contributed by atoms with Crippen molar-refractivity contribution in [1.82, 2.24) is 10.2 Å². The van der Waals surface area contributed by atoms with Gasteiger partial charge in [0.15, 0.2) is 0 Å². The highest BCUT2D eigenvalue weighted by atomic mass is 16.5. The molecule has 2 unspecified atom stereocenters. The quantitative estimate of drug-likeness (QED) is 0.816. The van der Waals surface area contributed by atoms with Gasteiger partial charge in [0.2, 0.25) is 0 Å². The van der Waals surface area contributed by atoms with Crippen LogP contribution in [0.2, 0.25) is 0 Å². The summed E-state index contributed by atoms with van der Waals surface area (Å²) in [5.41, 5.74) is 1.36. The van der Waals surface area contributed by atoms with Crippen molar-refractivity contribution in [3.63, 3.8) is 0 Å². The van der Waals surface area contributed by atoms with Crippen LogP contribution in [0.4, 0.5) is 0 Å². The maximum absolute atomic E-state index is 11.3. The lowest BCUT2D eigenvalue weighted by Crippen LogP contribution is -2.48. The molecular weight excluding hydrogens is 264 g/mol. The Morgan fingerprint density at radius 1 is 1.43 bits per heavy atom. The number of ether oxygens (including phenoxy) is 1. The first-order valence-electron chi connectivity index (χ1n) is 7.76. The van der Waals surface area contributed by atoms with Crippen LogP contribution in [0.1, 0.15) is 31.7 Å². The van der Waals surface area contributed by atoms with E-state index in [2.05, 4.69) is 40.5 Å². The second-order valence-corrected chi connectivity index (χ2v) is 5.91. The summed E-state index contributed by atoms with van der Waals surface area (Å²) in [5.74, 6) is -0.146. The van der Waals surface area contributed by atoms with Crippen molar-refractivity contribution in [2.45, 2.75) is 44.8 Å². The van der Waals surface area contributed by atoms with Crippen molar-refractivity contribution in [2.24, 2.45) is 0 Å².